The molecule has 96 valence electrons. The molecule has 1 saturated carbocycles. The van der Waals surface area contributed by atoms with Gasteiger partial charge in [0.2, 0.25) is 0 Å². The molecule has 1 heterocycles. The maximum absolute atomic E-state index is 13.7. The molecule has 0 radical (unpaired) electrons. The van der Waals surface area contributed by atoms with E-state index in [1.165, 1.54) is 0 Å². The van der Waals surface area contributed by atoms with E-state index in [0.29, 0.717) is 16.8 Å². The van der Waals surface area contributed by atoms with Gasteiger partial charge in [-0.2, -0.15) is 0 Å². The summed E-state index contributed by atoms with van der Waals surface area (Å²) >= 11 is 9.04. The van der Waals surface area contributed by atoms with Crippen molar-refractivity contribution in [3.05, 3.63) is 28.2 Å². The van der Waals surface area contributed by atoms with Crippen LogP contribution < -0.4 is 0 Å². The highest BCUT2D eigenvalue weighted by Crippen LogP contribution is 2.46. The van der Waals surface area contributed by atoms with Crippen LogP contribution in [0.1, 0.15) is 25.6 Å². The largest absolute Gasteiger partial charge is 0.322 e. The monoisotopic (exact) mass is 330 g/mol. The normalized spacial score (nSPS) is 17.3. The van der Waals surface area contributed by atoms with Crippen molar-refractivity contribution < 1.29 is 4.39 Å². The van der Waals surface area contributed by atoms with E-state index in [0.717, 1.165) is 29.7 Å². The fraction of sp³-hybridized carbons (Fsp3) is 0.462. The predicted molar refractivity (Wildman–Crippen MR) is 74.7 cm³/mol. The van der Waals surface area contributed by atoms with E-state index in [1.807, 2.05) is 0 Å². The Labute approximate surface area is 118 Å². The number of halogens is 3. The Morgan fingerprint density at radius 3 is 2.83 bits per heavy atom. The van der Waals surface area contributed by atoms with Crippen LogP contribution in [-0.4, -0.2) is 15.4 Å². The lowest BCUT2D eigenvalue weighted by Gasteiger charge is -2.15. The van der Waals surface area contributed by atoms with Crippen molar-refractivity contribution in [2.45, 2.75) is 31.7 Å². The first-order valence-corrected chi connectivity index (χ1v) is 7.31. The zero-order chi connectivity index (χ0) is 12.9. The second kappa shape index (κ2) is 4.20. The van der Waals surface area contributed by atoms with Crippen molar-refractivity contribution >= 4 is 38.6 Å². The first-order chi connectivity index (χ1) is 8.55. The summed E-state index contributed by atoms with van der Waals surface area (Å²) in [7, 11) is 0. The molecule has 0 aliphatic heterocycles. The van der Waals surface area contributed by atoms with E-state index in [-0.39, 0.29) is 11.4 Å². The second-order valence-corrected chi connectivity index (χ2v) is 6.29. The smallest absolute Gasteiger partial charge is 0.139 e. The second-order valence-electron chi connectivity index (χ2n) is 5.05. The van der Waals surface area contributed by atoms with E-state index >= 15 is 0 Å². The molecule has 0 amide bonds. The minimum atomic E-state index is -0.245. The molecular formula is C13H13BrClFN2. The molecule has 1 fully saturated rings. The number of hydrogen-bond acceptors (Lipinski definition) is 1. The Bertz CT molecular complexity index is 619. The average molecular weight is 332 g/mol. The zero-order valence-electron chi connectivity index (χ0n) is 10.0. The van der Waals surface area contributed by atoms with Crippen LogP contribution in [0.25, 0.3) is 11.0 Å². The molecule has 3 rings (SSSR count). The van der Waals surface area contributed by atoms with E-state index in [9.17, 15) is 4.39 Å². The lowest BCUT2D eigenvalue weighted by Crippen LogP contribution is -2.16. The fourth-order valence-corrected chi connectivity index (χ4v) is 2.88. The number of aromatic nitrogens is 2. The SMILES string of the molecule is CC1(n2c(CCCl)nc3cc(Br)c(F)cc32)CC1. The fourth-order valence-electron chi connectivity index (χ4n) is 2.38. The Morgan fingerprint density at radius 1 is 1.50 bits per heavy atom. The summed E-state index contributed by atoms with van der Waals surface area (Å²) in [4.78, 5) is 4.59. The average Bonchev–Trinajstić information content (AvgIpc) is 2.94. The van der Waals surface area contributed by atoms with Gasteiger partial charge in [0.1, 0.15) is 11.6 Å². The molecule has 1 aliphatic rings. The van der Waals surface area contributed by atoms with Crippen molar-refractivity contribution in [2.24, 2.45) is 0 Å². The molecule has 2 nitrogen and oxygen atoms in total. The highest BCUT2D eigenvalue weighted by Gasteiger charge is 2.41. The number of benzene rings is 1. The highest BCUT2D eigenvalue weighted by molar-refractivity contribution is 9.10. The van der Waals surface area contributed by atoms with E-state index in [1.54, 1.807) is 12.1 Å². The number of aryl methyl sites for hydroxylation is 1. The summed E-state index contributed by atoms with van der Waals surface area (Å²) in [6, 6.07) is 3.30. The number of fused-ring (bicyclic) bond motifs is 1. The first-order valence-electron chi connectivity index (χ1n) is 5.98. The molecule has 2 aromatic rings. The van der Waals surface area contributed by atoms with Gasteiger partial charge in [0.25, 0.3) is 0 Å². The van der Waals surface area contributed by atoms with Crippen LogP contribution in [0.4, 0.5) is 4.39 Å². The van der Waals surface area contributed by atoms with Crippen LogP contribution in [0, 0.1) is 5.82 Å². The third kappa shape index (κ3) is 1.86. The van der Waals surface area contributed by atoms with Crippen molar-refractivity contribution in [1.29, 1.82) is 0 Å². The Kier molecular flexibility index (Phi) is 2.90. The number of nitrogens with zero attached hydrogens (tertiary/aromatic N) is 2. The molecule has 0 bridgehead atoms. The lowest BCUT2D eigenvalue weighted by molar-refractivity contribution is 0.524. The van der Waals surface area contributed by atoms with Gasteiger partial charge < -0.3 is 4.57 Å². The molecular weight excluding hydrogens is 319 g/mol. The minimum Gasteiger partial charge on any atom is -0.322 e. The minimum absolute atomic E-state index is 0.0937. The predicted octanol–water partition coefficient (Wildman–Crippen LogP) is 4.23. The van der Waals surface area contributed by atoms with Gasteiger partial charge in [0.05, 0.1) is 15.5 Å². The van der Waals surface area contributed by atoms with Crippen LogP contribution in [0.3, 0.4) is 0 Å². The number of alkyl halides is 1. The molecule has 0 atom stereocenters. The molecule has 1 aliphatic carbocycles. The van der Waals surface area contributed by atoms with Crippen molar-refractivity contribution in [1.82, 2.24) is 9.55 Å². The van der Waals surface area contributed by atoms with Gasteiger partial charge in [-0.1, -0.05) is 0 Å². The Hall–Kier alpha value is -0.610. The summed E-state index contributed by atoms with van der Waals surface area (Å²) in [5.74, 6) is 1.24. The van der Waals surface area contributed by atoms with Crippen LogP contribution >= 0.6 is 27.5 Å². The molecule has 5 heteroatoms. The maximum atomic E-state index is 13.7. The zero-order valence-corrected chi connectivity index (χ0v) is 12.4. The molecule has 1 aromatic carbocycles. The standard InChI is InChI=1S/C13H13BrClFN2/c1-13(3-4-13)18-11-7-9(16)8(14)6-10(11)17-12(18)2-5-15/h6-7H,2-5H2,1H3. The molecule has 0 unspecified atom stereocenters. The third-order valence-corrected chi connectivity index (χ3v) is 4.39. The summed E-state index contributed by atoms with van der Waals surface area (Å²) in [5.41, 5.74) is 1.79. The summed E-state index contributed by atoms with van der Waals surface area (Å²) < 4.78 is 16.3. The van der Waals surface area contributed by atoms with Crippen molar-refractivity contribution in [2.75, 3.05) is 5.88 Å². The van der Waals surface area contributed by atoms with Crippen LogP contribution in [0.5, 0.6) is 0 Å². The van der Waals surface area contributed by atoms with E-state index in [4.69, 9.17) is 11.6 Å². The van der Waals surface area contributed by atoms with Crippen LogP contribution in [0.15, 0.2) is 16.6 Å². The maximum Gasteiger partial charge on any atom is 0.139 e. The molecule has 18 heavy (non-hydrogen) atoms. The summed E-state index contributed by atoms with van der Waals surface area (Å²) in [6.07, 6.45) is 2.95. The quantitative estimate of drug-likeness (QED) is 0.770. The molecule has 1 aromatic heterocycles. The van der Waals surface area contributed by atoms with Gasteiger partial charge in [-0.3, -0.25) is 0 Å². The third-order valence-electron chi connectivity index (χ3n) is 3.60. The van der Waals surface area contributed by atoms with Crippen molar-refractivity contribution in [3.8, 4) is 0 Å². The van der Waals surface area contributed by atoms with Crippen molar-refractivity contribution in [3.63, 3.8) is 0 Å². The highest BCUT2D eigenvalue weighted by atomic mass is 79.9. The van der Waals surface area contributed by atoms with Gasteiger partial charge in [0.15, 0.2) is 0 Å². The molecule has 0 spiro atoms. The molecule has 0 saturated heterocycles. The van der Waals surface area contributed by atoms with Gasteiger partial charge in [-0.25, -0.2) is 9.37 Å². The summed E-state index contributed by atoms with van der Waals surface area (Å²) in [6.45, 7) is 2.19. The lowest BCUT2D eigenvalue weighted by atomic mass is 10.2. The van der Waals surface area contributed by atoms with Crippen LogP contribution in [-0.2, 0) is 12.0 Å². The van der Waals surface area contributed by atoms with E-state index < -0.39 is 0 Å². The van der Waals surface area contributed by atoms with Crippen LogP contribution in [0.2, 0.25) is 0 Å². The summed E-state index contributed by atoms with van der Waals surface area (Å²) in [5, 5.41) is 0. The Balaban J connectivity index is 2.27. The number of hydrogen-bond donors (Lipinski definition) is 0. The number of rotatable bonds is 3. The van der Waals surface area contributed by atoms with E-state index in [2.05, 4.69) is 32.4 Å². The topological polar surface area (TPSA) is 17.8 Å². The number of imidazole rings is 1. The first kappa shape index (κ1) is 12.4. The van der Waals surface area contributed by atoms with Gasteiger partial charge in [0, 0.05) is 23.9 Å². The van der Waals surface area contributed by atoms with Gasteiger partial charge in [-0.05, 0) is 41.8 Å². The molecule has 0 N–H and O–H groups in total. The van der Waals surface area contributed by atoms with Gasteiger partial charge in [-0.15, -0.1) is 11.6 Å². The van der Waals surface area contributed by atoms with Gasteiger partial charge >= 0.3 is 0 Å². The Morgan fingerprint density at radius 2 is 2.22 bits per heavy atom.